The summed E-state index contributed by atoms with van der Waals surface area (Å²) in [5, 5.41) is 9.12. The monoisotopic (exact) mass is 444 g/mol. The summed E-state index contributed by atoms with van der Waals surface area (Å²) in [5.41, 5.74) is 8.47. The summed E-state index contributed by atoms with van der Waals surface area (Å²) in [4.78, 5) is 11.1. The smallest absolute Gasteiger partial charge is 0.304 e. The highest BCUT2D eigenvalue weighted by Gasteiger charge is 2.30. The molecule has 5 nitrogen and oxygen atoms in total. The molecule has 3 aromatic rings. The molecule has 0 radical (unpaired) electrons. The Morgan fingerprint density at radius 1 is 1.06 bits per heavy atom. The lowest BCUT2D eigenvalue weighted by Crippen LogP contribution is -2.07. The molecule has 1 aliphatic heterocycles. The van der Waals surface area contributed by atoms with E-state index in [-0.39, 0.29) is 18.4 Å². The number of fused-ring (bicyclic) bond motifs is 2. The van der Waals surface area contributed by atoms with E-state index in [0.29, 0.717) is 6.61 Å². The first kappa shape index (κ1) is 21.4. The molecular weight excluding hydrogens is 416 g/mol. The quantitative estimate of drug-likeness (QED) is 0.505. The number of carboxylic acid groups (broad SMARTS) is 1. The molecule has 5 rings (SSSR count). The van der Waals surface area contributed by atoms with Gasteiger partial charge in [0.25, 0.3) is 0 Å². The molecule has 0 aromatic heterocycles. The Morgan fingerprint density at radius 3 is 2.58 bits per heavy atom. The number of hydrogen-bond acceptors (Lipinski definition) is 4. The number of aryl methyl sites for hydroxylation is 2. The number of benzene rings is 3. The Kier molecular flexibility index (Phi) is 5.49. The van der Waals surface area contributed by atoms with Crippen molar-refractivity contribution in [2.45, 2.75) is 45.1 Å². The maximum absolute atomic E-state index is 11.1. The minimum absolute atomic E-state index is 0.0203. The highest BCUT2D eigenvalue weighted by atomic mass is 16.5. The third kappa shape index (κ3) is 3.92. The van der Waals surface area contributed by atoms with Gasteiger partial charge in [0.2, 0.25) is 0 Å². The van der Waals surface area contributed by atoms with E-state index in [0.717, 1.165) is 35.7 Å². The van der Waals surface area contributed by atoms with Crippen molar-refractivity contribution in [2.75, 3.05) is 13.7 Å². The maximum atomic E-state index is 11.1. The third-order valence-corrected chi connectivity index (χ3v) is 6.79. The van der Waals surface area contributed by atoms with Gasteiger partial charge in [0.05, 0.1) is 20.1 Å². The van der Waals surface area contributed by atoms with Gasteiger partial charge in [-0.1, -0.05) is 24.3 Å². The fourth-order valence-electron chi connectivity index (χ4n) is 5.31. The molecule has 2 aliphatic rings. The van der Waals surface area contributed by atoms with E-state index in [9.17, 15) is 4.79 Å². The SMILES string of the molecule is COc1cc(C)c(-c2cccc3c2CC[C@H]3Oc2ccc3c(c2)OC[C@H]3CC(=O)O)c(C)c1. The Morgan fingerprint density at radius 2 is 1.85 bits per heavy atom. The van der Waals surface area contributed by atoms with E-state index in [2.05, 4.69) is 44.2 Å². The van der Waals surface area contributed by atoms with Crippen molar-refractivity contribution in [3.05, 3.63) is 76.3 Å². The molecule has 0 saturated heterocycles. The van der Waals surface area contributed by atoms with E-state index in [1.165, 1.54) is 33.4 Å². The van der Waals surface area contributed by atoms with Gasteiger partial charge in [-0.2, -0.15) is 0 Å². The zero-order chi connectivity index (χ0) is 23.1. The van der Waals surface area contributed by atoms with Crippen molar-refractivity contribution < 1.29 is 24.1 Å². The van der Waals surface area contributed by atoms with Gasteiger partial charge in [-0.05, 0) is 78.3 Å². The first-order valence-corrected chi connectivity index (χ1v) is 11.4. The van der Waals surface area contributed by atoms with Gasteiger partial charge < -0.3 is 19.3 Å². The van der Waals surface area contributed by atoms with Crippen molar-refractivity contribution >= 4 is 5.97 Å². The topological polar surface area (TPSA) is 65.0 Å². The molecule has 1 N–H and O–H groups in total. The van der Waals surface area contributed by atoms with Crippen LogP contribution in [0, 0.1) is 13.8 Å². The van der Waals surface area contributed by atoms with Crippen LogP contribution in [0.5, 0.6) is 17.2 Å². The van der Waals surface area contributed by atoms with Gasteiger partial charge in [-0.25, -0.2) is 0 Å². The van der Waals surface area contributed by atoms with Crippen LogP contribution in [0.2, 0.25) is 0 Å². The molecule has 0 fully saturated rings. The number of rotatable bonds is 6. The first-order valence-electron chi connectivity index (χ1n) is 11.4. The Bertz CT molecular complexity index is 1210. The summed E-state index contributed by atoms with van der Waals surface area (Å²) in [6.07, 6.45) is 1.94. The predicted molar refractivity (Wildman–Crippen MR) is 127 cm³/mol. The molecule has 0 saturated carbocycles. The molecule has 3 aromatic carbocycles. The highest BCUT2D eigenvalue weighted by molar-refractivity contribution is 5.76. The van der Waals surface area contributed by atoms with Crippen molar-refractivity contribution in [1.82, 2.24) is 0 Å². The van der Waals surface area contributed by atoms with Crippen LogP contribution in [-0.2, 0) is 11.2 Å². The molecule has 2 atom stereocenters. The van der Waals surface area contributed by atoms with Crippen LogP contribution in [0.15, 0.2) is 48.5 Å². The molecule has 0 spiro atoms. The number of hydrogen-bond donors (Lipinski definition) is 1. The number of carboxylic acids is 1. The van der Waals surface area contributed by atoms with Gasteiger partial charge in [-0.3, -0.25) is 4.79 Å². The number of carbonyl (C=O) groups is 1. The van der Waals surface area contributed by atoms with E-state index in [4.69, 9.17) is 19.3 Å². The van der Waals surface area contributed by atoms with E-state index < -0.39 is 5.97 Å². The summed E-state index contributed by atoms with van der Waals surface area (Å²) in [5.74, 6) is 1.46. The second kappa shape index (κ2) is 8.47. The largest absolute Gasteiger partial charge is 0.497 e. The van der Waals surface area contributed by atoms with Gasteiger partial charge in [0, 0.05) is 17.5 Å². The lowest BCUT2D eigenvalue weighted by Gasteiger charge is -2.18. The van der Waals surface area contributed by atoms with E-state index in [1.54, 1.807) is 7.11 Å². The normalized spacial score (nSPS) is 18.4. The zero-order valence-corrected chi connectivity index (χ0v) is 19.2. The molecule has 1 heterocycles. The second-order valence-electron chi connectivity index (χ2n) is 8.96. The first-order chi connectivity index (χ1) is 15.9. The molecule has 170 valence electrons. The van der Waals surface area contributed by atoms with Gasteiger partial charge in [-0.15, -0.1) is 0 Å². The van der Waals surface area contributed by atoms with E-state index >= 15 is 0 Å². The van der Waals surface area contributed by atoms with Crippen LogP contribution in [0.4, 0.5) is 0 Å². The van der Waals surface area contributed by atoms with Crippen LogP contribution in [-0.4, -0.2) is 24.8 Å². The molecular formula is C28H28O5. The van der Waals surface area contributed by atoms with Crippen LogP contribution in [0.1, 0.15) is 52.7 Å². The summed E-state index contributed by atoms with van der Waals surface area (Å²) in [7, 11) is 1.70. The molecule has 1 aliphatic carbocycles. The summed E-state index contributed by atoms with van der Waals surface area (Å²) >= 11 is 0. The maximum Gasteiger partial charge on any atom is 0.304 e. The number of ether oxygens (including phenoxy) is 3. The standard InChI is InChI=1S/C28H28O5/c1-16-11-20(31-3)12-17(2)28(16)24-6-4-5-23-22(24)9-10-25(23)33-19-7-8-21-18(13-27(29)30)15-32-26(21)14-19/h4-8,11-12,14,18,25H,9-10,13,15H2,1-3H3,(H,29,30)/t18-,25-/m1/s1. The van der Waals surface area contributed by atoms with Crippen LogP contribution in [0.25, 0.3) is 11.1 Å². The Balaban J connectivity index is 1.42. The minimum Gasteiger partial charge on any atom is -0.497 e. The third-order valence-electron chi connectivity index (χ3n) is 6.79. The van der Waals surface area contributed by atoms with Crippen molar-refractivity contribution in [1.29, 1.82) is 0 Å². The van der Waals surface area contributed by atoms with Crippen LogP contribution >= 0.6 is 0 Å². The number of aliphatic carboxylic acids is 1. The fraction of sp³-hybridized carbons (Fsp3) is 0.321. The van der Waals surface area contributed by atoms with Crippen molar-refractivity contribution in [3.8, 4) is 28.4 Å². The molecule has 0 unspecified atom stereocenters. The average Bonchev–Trinajstić information content (AvgIpc) is 3.37. The van der Waals surface area contributed by atoms with E-state index in [1.807, 2.05) is 18.2 Å². The molecule has 0 bridgehead atoms. The van der Waals surface area contributed by atoms with Crippen molar-refractivity contribution in [2.24, 2.45) is 0 Å². The van der Waals surface area contributed by atoms with Gasteiger partial charge in [0.15, 0.2) is 0 Å². The van der Waals surface area contributed by atoms with Gasteiger partial charge >= 0.3 is 5.97 Å². The predicted octanol–water partition coefficient (Wildman–Crippen LogP) is 6.00. The highest BCUT2D eigenvalue weighted by Crippen LogP contribution is 2.44. The second-order valence-corrected chi connectivity index (χ2v) is 8.96. The summed E-state index contributed by atoms with van der Waals surface area (Å²) in [6, 6.07) is 16.4. The molecule has 33 heavy (non-hydrogen) atoms. The lowest BCUT2D eigenvalue weighted by molar-refractivity contribution is -0.137. The number of methoxy groups -OCH3 is 1. The van der Waals surface area contributed by atoms with Crippen LogP contribution < -0.4 is 14.2 Å². The molecule has 0 amide bonds. The fourth-order valence-corrected chi connectivity index (χ4v) is 5.31. The Hall–Kier alpha value is -3.47. The summed E-state index contributed by atoms with van der Waals surface area (Å²) < 4.78 is 17.6. The minimum atomic E-state index is -0.808. The zero-order valence-electron chi connectivity index (χ0n) is 19.2. The van der Waals surface area contributed by atoms with Crippen molar-refractivity contribution in [3.63, 3.8) is 0 Å². The van der Waals surface area contributed by atoms with Gasteiger partial charge in [0.1, 0.15) is 23.4 Å². The Labute approximate surface area is 193 Å². The average molecular weight is 445 g/mol. The molecule has 5 heteroatoms. The van der Waals surface area contributed by atoms with Crippen LogP contribution in [0.3, 0.4) is 0 Å². The lowest BCUT2D eigenvalue weighted by atomic mass is 9.90. The summed E-state index contributed by atoms with van der Waals surface area (Å²) in [6.45, 7) is 4.67.